The van der Waals surface area contributed by atoms with Gasteiger partial charge in [-0.15, -0.1) is 0 Å². The lowest BCUT2D eigenvalue weighted by molar-refractivity contribution is 0.0511. The van der Waals surface area contributed by atoms with Gasteiger partial charge in [0, 0.05) is 24.7 Å². The van der Waals surface area contributed by atoms with Crippen LogP contribution in [-0.4, -0.2) is 38.4 Å². The highest BCUT2D eigenvalue weighted by Crippen LogP contribution is 2.26. The zero-order valence-corrected chi connectivity index (χ0v) is 17.7. The van der Waals surface area contributed by atoms with Crippen LogP contribution in [0, 0.1) is 6.92 Å². The van der Waals surface area contributed by atoms with Gasteiger partial charge in [0.25, 0.3) is 15.9 Å². The number of nitrogens with zero attached hydrogens (tertiary/aromatic N) is 2. The Labute approximate surface area is 168 Å². The number of aryl methyl sites for hydroxylation is 1. The van der Waals surface area contributed by atoms with Crippen LogP contribution in [0.3, 0.4) is 0 Å². The highest BCUT2D eigenvalue weighted by atomic mass is 32.2. The maximum Gasteiger partial charge on any atom is 0.264 e. The van der Waals surface area contributed by atoms with Crippen molar-refractivity contribution >= 4 is 21.6 Å². The van der Waals surface area contributed by atoms with E-state index < -0.39 is 10.0 Å². The van der Waals surface area contributed by atoms with Gasteiger partial charge in [-0.25, -0.2) is 8.42 Å². The predicted octanol–water partition coefficient (Wildman–Crippen LogP) is 4.22. The first-order chi connectivity index (χ1) is 13.2. The van der Waals surface area contributed by atoms with Crippen LogP contribution >= 0.6 is 0 Å². The minimum atomic E-state index is -3.64. The summed E-state index contributed by atoms with van der Waals surface area (Å²) < 4.78 is 26.9. The molecule has 0 spiro atoms. The first-order valence-electron chi connectivity index (χ1n) is 9.70. The Kier molecular flexibility index (Phi) is 5.79. The Hall–Kier alpha value is -2.34. The van der Waals surface area contributed by atoms with Gasteiger partial charge in [0.15, 0.2) is 0 Å². The molecule has 1 aliphatic heterocycles. The standard InChI is InChI=1S/C22H28N2O3S/c1-16-8-14-21(15-9-16)28(26,27)23(4)20-12-10-19(11-13-20)22(25)24-17(2)6-5-7-18(24)3/h8-15,17-18H,5-7H2,1-4H3/t17-,18-/m0/s1. The molecule has 6 heteroatoms. The van der Waals surface area contributed by atoms with E-state index >= 15 is 0 Å². The molecule has 0 saturated carbocycles. The molecule has 5 nitrogen and oxygen atoms in total. The van der Waals surface area contributed by atoms with Gasteiger partial charge in [0.1, 0.15) is 0 Å². The maximum atomic E-state index is 12.9. The van der Waals surface area contributed by atoms with Gasteiger partial charge in [-0.1, -0.05) is 17.7 Å². The zero-order valence-electron chi connectivity index (χ0n) is 16.9. The molecule has 1 amide bonds. The molecule has 28 heavy (non-hydrogen) atoms. The summed E-state index contributed by atoms with van der Waals surface area (Å²) in [5.74, 6) is 0.00953. The molecule has 0 bridgehead atoms. The molecule has 2 aromatic rings. The second-order valence-corrected chi connectivity index (χ2v) is 9.64. The summed E-state index contributed by atoms with van der Waals surface area (Å²) in [6.45, 7) is 6.09. The van der Waals surface area contributed by atoms with E-state index in [0.717, 1.165) is 24.8 Å². The molecule has 0 radical (unpaired) electrons. The minimum absolute atomic E-state index is 0.00953. The lowest BCUT2D eigenvalue weighted by Crippen LogP contribution is -2.47. The quantitative estimate of drug-likeness (QED) is 0.772. The van der Waals surface area contributed by atoms with Gasteiger partial charge in [-0.3, -0.25) is 9.10 Å². The summed E-state index contributed by atoms with van der Waals surface area (Å²) in [6.07, 6.45) is 3.18. The van der Waals surface area contributed by atoms with Crippen molar-refractivity contribution in [2.24, 2.45) is 0 Å². The van der Waals surface area contributed by atoms with Crippen LogP contribution in [0.1, 0.15) is 49.0 Å². The molecule has 3 rings (SSSR count). The number of hydrogen-bond donors (Lipinski definition) is 0. The maximum absolute atomic E-state index is 12.9. The monoisotopic (exact) mass is 400 g/mol. The van der Waals surface area contributed by atoms with Crippen molar-refractivity contribution in [3.8, 4) is 0 Å². The smallest absolute Gasteiger partial charge is 0.264 e. The largest absolute Gasteiger partial charge is 0.333 e. The normalized spacial score (nSPS) is 20.1. The predicted molar refractivity (Wildman–Crippen MR) is 112 cm³/mol. The number of carbonyl (C=O) groups is 1. The number of hydrogen-bond acceptors (Lipinski definition) is 3. The highest BCUT2D eigenvalue weighted by molar-refractivity contribution is 7.92. The Bertz CT molecular complexity index is 927. The molecule has 1 fully saturated rings. The molecule has 0 N–H and O–H groups in total. The zero-order chi connectivity index (χ0) is 20.5. The van der Waals surface area contributed by atoms with Crippen molar-refractivity contribution < 1.29 is 13.2 Å². The van der Waals surface area contributed by atoms with E-state index in [4.69, 9.17) is 0 Å². The van der Waals surface area contributed by atoms with Gasteiger partial charge in [-0.2, -0.15) is 0 Å². The van der Waals surface area contributed by atoms with Crippen LogP contribution in [0.15, 0.2) is 53.4 Å². The van der Waals surface area contributed by atoms with Gasteiger partial charge < -0.3 is 4.90 Å². The average molecular weight is 401 g/mol. The van der Waals surface area contributed by atoms with Gasteiger partial charge in [0.2, 0.25) is 0 Å². The van der Waals surface area contributed by atoms with Crippen molar-refractivity contribution in [2.45, 2.75) is 57.0 Å². The number of likely N-dealkylation sites (tertiary alicyclic amines) is 1. The van der Waals surface area contributed by atoms with Crippen molar-refractivity contribution in [1.82, 2.24) is 4.90 Å². The van der Waals surface area contributed by atoms with E-state index in [1.54, 1.807) is 48.5 Å². The highest BCUT2D eigenvalue weighted by Gasteiger charge is 2.29. The van der Waals surface area contributed by atoms with E-state index in [9.17, 15) is 13.2 Å². The average Bonchev–Trinajstić information content (AvgIpc) is 2.67. The fourth-order valence-electron chi connectivity index (χ4n) is 3.79. The topological polar surface area (TPSA) is 57.7 Å². The Morgan fingerprint density at radius 2 is 1.50 bits per heavy atom. The summed E-state index contributed by atoms with van der Waals surface area (Å²) >= 11 is 0. The van der Waals surface area contributed by atoms with Crippen LogP contribution in [0.5, 0.6) is 0 Å². The number of sulfonamides is 1. The number of benzene rings is 2. The van der Waals surface area contributed by atoms with Crippen LogP contribution in [0.2, 0.25) is 0 Å². The molecular weight excluding hydrogens is 372 g/mol. The summed E-state index contributed by atoms with van der Waals surface area (Å²) in [7, 11) is -2.11. The fraction of sp³-hybridized carbons (Fsp3) is 0.409. The number of rotatable bonds is 4. The molecule has 0 aliphatic carbocycles. The number of anilines is 1. The lowest BCUT2D eigenvalue weighted by Gasteiger charge is -2.39. The Balaban J connectivity index is 1.82. The third kappa shape index (κ3) is 3.92. The molecule has 0 unspecified atom stereocenters. The second-order valence-electron chi connectivity index (χ2n) is 7.67. The summed E-state index contributed by atoms with van der Waals surface area (Å²) in [6, 6.07) is 14.0. The molecule has 150 valence electrons. The van der Waals surface area contributed by atoms with Crippen molar-refractivity contribution in [1.29, 1.82) is 0 Å². The minimum Gasteiger partial charge on any atom is -0.333 e. The summed E-state index contributed by atoms with van der Waals surface area (Å²) in [5, 5.41) is 0. The van der Waals surface area contributed by atoms with Crippen molar-refractivity contribution in [3.63, 3.8) is 0 Å². The number of carbonyl (C=O) groups excluding carboxylic acids is 1. The Morgan fingerprint density at radius 1 is 0.964 bits per heavy atom. The SMILES string of the molecule is Cc1ccc(S(=O)(=O)N(C)c2ccc(C(=O)N3[C@@H](C)CCC[C@@H]3C)cc2)cc1. The third-order valence-electron chi connectivity index (χ3n) is 5.59. The first-order valence-corrected chi connectivity index (χ1v) is 11.1. The molecule has 1 saturated heterocycles. The van der Waals surface area contributed by atoms with Gasteiger partial charge >= 0.3 is 0 Å². The molecular formula is C22H28N2O3S. The molecule has 2 aromatic carbocycles. The van der Waals surface area contributed by atoms with E-state index in [2.05, 4.69) is 13.8 Å². The fourth-order valence-corrected chi connectivity index (χ4v) is 4.99. The summed E-state index contributed by atoms with van der Waals surface area (Å²) in [4.78, 5) is 15.1. The van der Waals surface area contributed by atoms with Crippen LogP contribution in [-0.2, 0) is 10.0 Å². The van der Waals surface area contributed by atoms with Crippen molar-refractivity contribution in [3.05, 3.63) is 59.7 Å². The van der Waals surface area contributed by atoms with Crippen LogP contribution in [0.4, 0.5) is 5.69 Å². The first kappa shape index (κ1) is 20.4. The molecule has 1 aliphatic rings. The van der Waals surface area contributed by atoms with Crippen LogP contribution < -0.4 is 4.31 Å². The summed E-state index contributed by atoms with van der Waals surface area (Å²) in [5.41, 5.74) is 2.12. The van der Waals surface area contributed by atoms with Crippen molar-refractivity contribution in [2.75, 3.05) is 11.4 Å². The molecule has 1 heterocycles. The number of piperidine rings is 1. The van der Waals surface area contributed by atoms with Gasteiger partial charge in [-0.05, 0) is 76.4 Å². The number of amides is 1. The van der Waals surface area contributed by atoms with E-state index in [1.807, 2.05) is 11.8 Å². The van der Waals surface area contributed by atoms with Crippen LogP contribution in [0.25, 0.3) is 0 Å². The molecule has 0 aromatic heterocycles. The van der Waals surface area contributed by atoms with E-state index in [1.165, 1.54) is 11.4 Å². The van der Waals surface area contributed by atoms with E-state index in [0.29, 0.717) is 11.3 Å². The third-order valence-corrected chi connectivity index (χ3v) is 7.39. The molecule has 2 atom stereocenters. The Morgan fingerprint density at radius 3 is 2.04 bits per heavy atom. The lowest BCUT2D eigenvalue weighted by atomic mass is 9.96. The van der Waals surface area contributed by atoms with E-state index in [-0.39, 0.29) is 22.9 Å². The second kappa shape index (κ2) is 7.95. The van der Waals surface area contributed by atoms with Gasteiger partial charge in [0.05, 0.1) is 10.6 Å².